The van der Waals surface area contributed by atoms with E-state index in [2.05, 4.69) is 0 Å². The van der Waals surface area contributed by atoms with Crippen molar-refractivity contribution in [2.75, 3.05) is 0 Å². The first-order valence-electron chi connectivity index (χ1n) is 1.30. The fraction of sp³-hybridized carbons (Fsp3) is 0. The second-order valence-corrected chi connectivity index (χ2v) is 2.05. The van der Waals surface area contributed by atoms with Crippen LogP contribution >= 0.6 is 8.34 Å². The van der Waals surface area contributed by atoms with E-state index in [0.29, 0.717) is 0 Å². The van der Waals surface area contributed by atoms with Gasteiger partial charge in [-0.2, -0.15) is 0 Å². The molecule has 0 aliphatic carbocycles. The molecule has 0 radical (unpaired) electrons. The Morgan fingerprint density at radius 3 is 1.10 bits per heavy atom. The fourth-order valence-corrected chi connectivity index (χ4v) is 0. The van der Waals surface area contributed by atoms with Crippen molar-refractivity contribution < 1.29 is 85.5 Å². The molecule has 0 heterocycles. The number of hydrogen-bond acceptors (Lipinski definition) is 6. The van der Waals surface area contributed by atoms with E-state index in [1.807, 2.05) is 0 Å². The summed E-state index contributed by atoms with van der Waals surface area (Å²) in [7, 11) is -6.03. The average Bonchev–Trinajstić information content (AvgIpc) is 1.27. The Morgan fingerprint density at radius 1 is 1.10 bits per heavy atom. The predicted molar refractivity (Wildman–Crippen MR) is 25.4 cm³/mol. The van der Waals surface area contributed by atoms with E-state index < -0.39 is 17.4 Å². The van der Waals surface area contributed by atoms with Crippen LogP contribution in [-0.4, -0.2) is 28.2 Å². The molecule has 0 aliphatic rings. The Kier molecular flexibility index (Phi) is 30.4. The van der Waals surface area contributed by atoms with Gasteiger partial charge in [-0.05, 0) is 0 Å². The van der Waals surface area contributed by atoms with Gasteiger partial charge in [-0.3, -0.25) is 0 Å². The van der Waals surface area contributed by atoms with E-state index in [1.54, 1.807) is 0 Å². The molecule has 0 bridgehead atoms. The minimum Gasteiger partial charge on any atom is -1.00 e. The van der Waals surface area contributed by atoms with Gasteiger partial charge < -0.3 is 20.6 Å². The quantitative estimate of drug-likeness (QED) is 0.260. The molecule has 0 atom stereocenters. The van der Waals surface area contributed by atoms with Crippen LogP contribution in [0.15, 0.2) is 0 Å². The molecular weight excluding hydrogens is 269 g/mol. The van der Waals surface area contributed by atoms with Crippen LogP contribution in [0.2, 0.25) is 0 Å². The second kappa shape index (κ2) is 13.4. The van der Waals surface area contributed by atoms with Gasteiger partial charge in [0.15, 0.2) is 0 Å². The third-order valence-electron chi connectivity index (χ3n) is 0. The monoisotopic (exact) mass is 274 g/mol. The summed E-state index contributed by atoms with van der Waals surface area (Å²) in [6.07, 6.45) is 0. The summed E-state index contributed by atoms with van der Waals surface area (Å²) in [6.45, 7) is 0. The standard InChI is InChI=1S/Na.H4O4Si.HO2P.Zr.H/c;1-5(2,3)4;1-3-2;;/h;1-4H;3H;;/q+1;;;;-1. The van der Waals surface area contributed by atoms with E-state index in [1.165, 1.54) is 0 Å². The van der Waals surface area contributed by atoms with Crippen molar-refractivity contribution in [3.8, 4) is 0 Å². The van der Waals surface area contributed by atoms with Crippen LogP contribution in [0.1, 0.15) is 1.43 Å². The van der Waals surface area contributed by atoms with Crippen molar-refractivity contribution in [1.29, 1.82) is 0 Å². The van der Waals surface area contributed by atoms with Gasteiger partial charge in [0.2, 0.25) is 0 Å². The first kappa shape index (κ1) is 22.6. The predicted octanol–water partition coefficient (Wildman–Crippen LogP) is -5.14. The van der Waals surface area contributed by atoms with E-state index in [9.17, 15) is 0 Å². The molecule has 0 aromatic heterocycles. The molecule has 0 aromatic rings. The summed E-state index contributed by atoms with van der Waals surface area (Å²) < 4.78 is 16.8. The van der Waals surface area contributed by atoms with Gasteiger partial charge in [0.25, 0.3) is 0 Å². The van der Waals surface area contributed by atoms with Crippen LogP contribution in [0.4, 0.5) is 0 Å². The Hall–Kier alpha value is 1.84. The zero-order valence-corrected chi connectivity index (χ0v) is 11.6. The Morgan fingerprint density at radius 2 is 1.10 bits per heavy atom. The summed E-state index contributed by atoms with van der Waals surface area (Å²) in [4.78, 5) is 29.3. The first-order valence-corrected chi connectivity index (χ1v) is 3.91. The normalized spacial score (nSPS) is 7.20. The fourth-order valence-electron chi connectivity index (χ4n) is 0. The molecule has 4 N–H and O–H groups in total. The molecule has 0 rings (SSSR count). The van der Waals surface area contributed by atoms with Crippen molar-refractivity contribution in [2.45, 2.75) is 0 Å². The van der Waals surface area contributed by atoms with E-state index in [0.717, 1.165) is 0 Å². The number of hydrogen-bond donors (Lipinski definition) is 4. The van der Waals surface area contributed by atoms with Crippen LogP contribution in [-0.2, 0) is 35.3 Å². The number of rotatable bonds is 0. The maximum atomic E-state index is 8.40. The zero-order chi connectivity index (χ0) is 7.21. The second-order valence-electron chi connectivity index (χ2n) is 0.683. The summed E-state index contributed by atoms with van der Waals surface area (Å²) in [6, 6.07) is 0. The van der Waals surface area contributed by atoms with Crippen LogP contribution in [0.3, 0.4) is 0 Å². The van der Waals surface area contributed by atoms with Crippen molar-refractivity contribution in [1.82, 2.24) is 0 Å². The SMILES string of the molecule is O=[PH]=O.O[Si](O)(O)O.[H-].[Na+].[Zr]. The van der Waals surface area contributed by atoms with Gasteiger partial charge in [-0.1, -0.05) is 0 Å². The summed E-state index contributed by atoms with van der Waals surface area (Å²) in [5, 5.41) is 0. The van der Waals surface area contributed by atoms with Crippen LogP contribution in [0.25, 0.3) is 0 Å². The summed E-state index contributed by atoms with van der Waals surface area (Å²) in [5.41, 5.74) is 0. The molecule has 0 aliphatic heterocycles. The van der Waals surface area contributed by atoms with E-state index in [-0.39, 0.29) is 57.2 Å². The zero-order valence-electron chi connectivity index (χ0n) is 6.11. The van der Waals surface area contributed by atoms with E-state index >= 15 is 0 Å². The maximum Gasteiger partial charge on any atom is 1.00 e. The van der Waals surface area contributed by atoms with Crippen LogP contribution < -0.4 is 29.6 Å². The van der Waals surface area contributed by atoms with E-state index in [4.69, 9.17) is 28.3 Å². The van der Waals surface area contributed by atoms with Crippen LogP contribution in [0, 0.1) is 0 Å². The minimum absolute atomic E-state index is 0. The first-order chi connectivity index (χ1) is 3.41. The molecule has 0 amide bonds. The van der Waals surface area contributed by atoms with Crippen molar-refractivity contribution in [3.63, 3.8) is 0 Å². The van der Waals surface area contributed by atoms with Gasteiger partial charge in [0.1, 0.15) is 0 Å². The van der Waals surface area contributed by atoms with Crippen molar-refractivity contribution >= 4 is 17.4 Å². The van der Waals surface area contributed by atoms with Crippen molar-refractivity contribution in [2.24, 2.45) is 0 Å². The molecular formula is H6NaO6PSiZr. The Bertz CT molecular complexity index is 83.1. The third-order valence-corrected chi connectivity index (χ3v) is 0. The van der Waals surface area contributed by atoms with Crippen LogP contribution in [0.5, 0.6) is 0 Å². The minimum atomic E-state index is -4.61. The van der Waals surface area contributed by atoms with Gasteiger partial charge in [-0.15, -0.1) is 0 Å². The topological polar surface area (TPSA) is 115 Å². The molecule has 6 nitrogen and oxygen atoms in total. The summed E-state index contributed by atoms with van der Waals surface area (Å²) in [5.74, 6) is 0. The smallest absolute Gasteiger partial charge is 1.00 e. The average molecular weight is 275 g/mol. The molecule has 10 heavy (non-hydrogen) atoms. The molecule has 0 aromatic carbocycles. The molecule has 0 saturated carbocycles. The molecule has 0 spiro atoms. The van der Waals surface area contributed by atoms with Gasteiger partial charge >= 0.3 is 46.9 Å². The molecule has 10 heteroatoms. The molecule has 0 saturated heterocycles. The Labute approximate surface area is 102 Å². The third kappa shape index (κ3) is 227. The maximum absolute atomic E-state index is 8.40. The largest absolute Gasteiger partial charge is 1.00 e. The van der Waals surface area contributed by atoms with Crippen molar-refractivity contribution in [3.05, 3.63) is 0 Å². The van der Waals surface area contributed by atoms with Gasteiger partial charge in [0, 0.05) is 26.2 Å². The molecule has 0 unspecified atom stereocenters. The van der Waals surface area contributed by atoms with Gasteiger partial charge in [-0.25, -0.2) is 9.13 Å². The van der Waals surface area contributed by atoms with Gasteiger partial charge in [0.05, 0.1) is 0 Å². The molecule has 0 fully saturated rings. The molecule has 56 valence electrons. The Balaban J connectivity index is -0.0000000183. The summed E-state index contributed by atoms with van der Waals surface area (Å²) >= 11 is 0.